The molecule has 0 saturated heterocycles. The van der Waals surface area contributed by atoms with E-state index < -0.39 is 0 Å². The number of fused-ring (bicyclic) bond motifs is 4. The first-order valence-electron chi connectivity index (χ1n) is 22.3. The summed E-state index contributed by atoms with van der Waals surface area (Å²) < 4.78 is 12.3. The summed E-state index contributed by atoms with van der Waals surface area (Å²) in [4.78, 5) is 2.27. The minimum atomic E-state index is 0.643. The summed E-state index contributed by atoms with van der Waals surface area (Å²) in [5.74, 6) is 0. The van der Waals surface area contributed by atoms with Crippen molar-refractivity contribution in [3.63, 3.8) is 0 Å². The molecule has 0 saturated carbocycles. The van der Waals surface area contributed by atoms with Gasteiger partial charge in [0.25, 0.3) is 0 Å². The van der Waals surface area contributed by atoms with Crippen LogP contribution < -0.4 is 4.90 Å². The van der Waals surface area contributed by atoms with E-state index in [0.717, 1.165) is 72.6 Å². The molecule has 10 aromatic carbocycles. The Kier molecular flexibility index (Phi) is 10.0. The van der Waals surface area contributed by atoms with Crippen molar-refractivity contribution in [1.82, 2.24) is 13.3 Å². The van der Waals surface area contributed by atoms with Crippen LogP contribution in [-0.4, -0.2) is 13.3 Å². The van der Waals surface area contributed by atoms with E-state index >= 15 is 0 Å². The maximum atomic E-state index is 9.35. The number of rotatable bonds is 9. The van der Waals surface area contributed by atoms with Crippen LogP contribution in [0.4, 0.5) is 17.1 Å². The summed E-state index contributed by atoms with van der Waals surface area (Å²) in [5, 5.41) is 11.8. The van der Waals surface area contributed by atoms with Crippen molar-refractivity contribution >= 4 is 61.6 Å². The fraction of sp³-hybridized carbons (Fsp3) is 0. The molecule has 0 bridgehead atoms. The molecule has 2 heterocycles. The normalized spacial score (nSPS) is 11.3. The standard InChI is InChI=1S/C61H39N5S/c62-40-41-16-18-45(19-17-41)47-22-30-52(31-23-47)65(51-28-20-46(21-29-51)42-10-4-1-5-11-42)59-37-34-54(60-61(59)64-67-63-60)48-24-32-53(33-25-48)66-57-35-26-49(43-12-6-2-7-13-43)38-55(57)56-39-50(27-36-58(56)66)44-14-8-3-9-15-44/h1-39H. The molecular formula is C61H39N5S. The predicted molar refractivity (Wildman–Crippen MR) is 278 cm³/mol. The van der Waals surface area contributed by atoms with E-state index in [0.29, 0.717) is 5.56 Å². The molecule has 0 atom stereocenters. The van der Waals surface area contributed by atoms with E-state index in [9.17, 15) is 5.26 Å². The Hall–Kier alpha value is -8.89. The second-order valence-electron chi connectivity index (χ2n) is 16.7. The lowest BCUT2D eigenvalue weighted by atomic mass is 10.0. The summed E-state index contributed by atoms with van der Waals surface area (Å²) >= 11 is 1.24. The van der Waals surface area contributed by atoms with Crippen molar-refractivity contribution in [2.24, 2.45) is 0 Å². The quantitative estimate of drug-likeness (QED) is 0.145. The molecule has 0 aliphatic rings. The number of benzene rings is 10. The van der Waals surface area contributed by atoms with Crippen LogP contribution >= 0.6 is 11.7 Å². The second-order valence-corrected chi connectivity index (χ2v) is 17.2. The molecule has 0 aliphatic carbocycles. The van der Waals surface area contributed by atoms with Gasteiger partial charge in [-0.2, -0.15) is 14.0 Å². The topological polar surface area (TPSA) is 57.7 Å². The van der Waals surface area contributed by atoms with Gasteiger partial charge in [0.05, 0.1) is 40.1 Å². The van der Waals surface area contributed by atoms with Gasteiger partial charge < -0.3 is 9.47 Å². The monoisotopic (exact) mass is 873 g/mol. The van der Waals surface area contributed by atoms with Gasteiger partial charge in [-0.1, -0.05) is 152 Å². The Morgan fingerprint density at radius 3 is 1.30 bits per heavy atom. The molecule has 0 fully saturated rings. The largest absolute Gasteiger partial charge is 0.309 e. The lowest BCUT2D eigenvalue weighted by Crippen LogP contribution is -2.10. The summed E-state index contributed by atoms with van der Waals surface area (Å²) in [6.07, 6.45) is 0. The van der Waals surface area contributed by atoms with E-state index in [1.54, 1.807) is 0 Å². The molecule has 0 aliphatic heterocycles. The number of hydrogen-bond acceptors (Lipinski definition) is 5. The fourth-order valence-electron chi connectivity index (χ4n) is 9.38. The van der Waals surface area contributed by atoms with Gasteiger partial charge >= 0.3 is 0 Å². The van der Waals surface area contributed by atoms with Crippen LogP contribution in [0, 0.1) is 11.3 Å². The first-order valence-corrected chi connectivity index (χ1v) is 23.0. The van der Waals surface area contributed by atoms with Gasteiger partial charge in [0.2, 0.25) is 0 Å². The van der Waals surface area contributed by atoms with Crippen molar-refractivity contribution in [1.29, 1.82) is 5.26 Å². The number of nitrogens with zero attached hydrogens (tertiary/aromatic N) is 5. The van der Waals surface area contributed by atoms with E-state index in [-0.39, 0.29) is 0 Å². The molecule has 0 spiro atoms. The molecule has 0 amide bonds. The summed E-state index contributed by atoms with van der Waals surface area (Å²) in [7, 11) is 0. The van der Waals surface area contributed by atoms with E-state index in [2.05, 4.69) is 222 Å². The summed E-state index contributed by atoms with van der Waals surface area (Å²) in [6.45, 7) is 0. The average molecular weight is 874 g/mol. The maximum absolute atomic E-state index is 9.35. The molecule has 2 aromatic heterocycles. The Bertz CT molecular complexity index is 3660. The van der Waals surface area contributed by atoms with Gasteiger partial charge in [0.15, 0.2) is 0 Å². The Morgan fingerprint density at radius 1 is 0.388 bits per heavy atom. The minimum Gasteiger partial charge on any atom is -0.309 e. The number of hydrogen-bond donors (Lipinski definition) is 0. The van der Waals surface area contributed by atoms with Gasteiger partial charge in [0, 0.05) is 33.4 Å². The average Bonchev–Trinajstić information content (AvgIpc) is 4.04. The Morgan fingerprint density at radius 2 is 0.806 bits per heavy atom. The molecular weight excluding hydrogens is 835 g/mol. The first-order chi connectivity index (χ1) is 33.2. The fourth-order valence-corrected chi connectivity index (χ4v) is 9.95. The maximum Gasteiger partial charge on any atom is 0.129 e. The van der Waals surface area contributed by atoms with Crippen LogP contribution in [0.1, 0.15) is 5.56 Å². The van der Waals surface area contributed by atoms with Crippen LogP contribution in [0.15, 0.2) is 237 Å². The second kappa shape index (κ2) is 16.9. The van der Waals surface area contributed by atoms with Crippen molar-refractivity contribution in [2.45, 2.75) is 0 Å². The van der Waals surface area contributed by atoms with Crippen molar-refractivity contribution in [2.75, 3.05) is 4.90 Å². The van der Waals surface area contributed by atoms with Crippen molar-refractivity contribution in [3.8, 4) is 67.4 Å². The Labute approximate surface area is 392 Å². The minimum absolute atomic E-state index is 0.643. The van der Waals surface area contributed by atoms with Gasteiger partial charge in [-0.15, -0.1) is 0 Å². The zero-order chi connectivity index (χ0) is 44.7. The van der Waals surface area contributed by atoms with Gasteiger partial charge in [-0.3, -0.25) is 0 Å². The molecule has 0 unspecified atom stereocenters. The predicted octanol–water partition coefficient (Wildman–Crippen LogP) is 16.5. The van der Waals surface area contributed by atoms with Crippen LogP contribution in [0.25, 0.3) is 94.2 Å². The highest BCUT2D eigenvalue weighted by Gasteiger charge is 2.21. The van der Waals surface area contributed by atoms with E-state index in [4.69, 9.17) is 8.75 Å². The highest BCUT2D eigenvalue weighted by atomic mass is 32.1. The zero-order valence-electron chi connectivity index (χ0n) is 36.2. The molecule has 5 nitrogen and oxygen atoms in total. The Balaban J connectivity index is 0.937. The van der Waals surface area contributed by atoms with Gasteiger partial charge in [-0.05, 0) is 135 Å². The van der Waals surface area contributed by atoms with Crippen LogP contribution in [0.5, 0.6) is 0 Å². The molecule has 67 heavy (non-hydrogen) atoms. The molecule has 12 aromatic rings. The highest BCUT2D eigenvalue weighted by Crippen LogP contribution is 2.43. The van der Waals surface area contributed by atoms with Gasteiger partial charge in [0.1, 0.15) is 11.0 Å². The van der Waals surface area contributed by atoms with E-state index in [1.807, 2.05) is 30.3 Å². The lowest BCUT2D eigenvalue weighted by Gasteiger charge is -2.26. The lowest BCUT2D eigenvalue weighted by molar-refractivity contribution is 1.18. The zero-order valence-corrected chi connectivity index (χ0v) is 37.0. The van der Waals surface area contributed by atoms with E-state index in [1.165, 1.54) is 50.3 Å². The van der Waals surface area contributed by atoms with Crippen LogP contribution in [0.2, 0.25) is 0 Å². The first kappa shape index (κ1) is 39.7. The third-order valence-corrected chi connectivity index (χ3v) is 13.3. The third kappa shape index (κ3) is 7.30. The number of nitriles is 1. The van der Waals surface area contributed by atoms with Crippen LogP contribution in [0.3, 0.4) is 0 Å². The SMILES string of the molecule is N#Cc1ccc(-c2ccc(N(c3ccc(-c4ccccc4)cc3)c3ccc(-c4ccc(-n5c6ccc(-c7ccccc7)cc6c6cc(-c7ccccc7)ccc65)cc4)c4nsnc34)cc2)cc1. The smallest absolute Gasteiger partial charge is 0.129 e. The molecule has 12 rings (SSSR count). The number of aromatic nitrogens is 3. The molecule has 6 heteroatoms. The van der Waals surface area contributed by atoms with Crippen molar-refractivity contribution < 1.29 is 0 Å². The summed E-state index contributed by atoms with van der Waals surface area (Å²) in [5.41, 5.74) is 20.0. The van der Waals surface area contributed by atoms with Crippen molar-refractivity contribution in [3.05, 3.63) is 242 Å². The van der Waals surface area contributed by atoms with Crippen LogP contribution in [-0.2, 0) is 0 Å². The van der Waals surface area contributed by atoms with Gasteiger partial charge in [-0.25, -0.2) is 0 Å². The molecule has 314 valence electrons. The molecule has 0 radical (unpaired) electrons. The summed E-state index contributed by atoms with van der Waals surface area (Å²) in [6, 6.07) is 85.8. The molecule has 0 N–H and O–H groups in total. The number of anilines is 3. The third-order valence-electron chi connectivity index (χ3n) is 12.8. The highest BCUT2D eigenvalue weighted by molar-refractivity contribution is 7.00.